The predicted molar refractivity (Wildman–Crippen MR) is 70.4 cm³/mol. The molecule has 1 radical (unpaired) electrons. The maximum Gasteiger partial charge on any atom is 0.233 e. The van der Waals surface area contributed by atoms with Crippen molar-refractivity contribution in [2.75, 3.05) is 4.90 Å². The molecule has 3 nitrogen and oxygen atoms in total. The third-order valence-electron chi connectivity index (χ3n) is 2.76. The highest BCUT2D eigenvalue weighted by Crippen LogP contribution is 2.29. The van der Waals surface area contributed by atoms with Crippen molar-refractivity contribution in [3.63, 3.8) is 0 Å². The van der Waals surface area contributed by atoms with E-state index >= 15 is 0 Å². The second kappa shape index (κ2) is 4.45. The van der Waals surface area contributed by atoms with Crippen LogP contribution in [0.25, 0.3) is 5.76 Å². The smallest absolute Gasteiger partial charge is 0.233 e. The Morgan fingerprint density at radius 3 is 2.33 bits per heavy atom. The quantitative estimate of drug-likeness (QED) is 0.870. The molecular formula is C15H12NO2. The highest BCUT2D eigenvalue weighted by atomic mass is 16.5. The molecule has 18 heavy (non-hydrogen) atoms. The molecule has 0 saturated heterocycles. The van der Waals surface area contributed by atoms with Crippen LogP contribution in [0.2, 0.25) is 0 Å². The fraction of sp³-hybridized carbons (Fsp3) is 0. The summed E-state index contributed by atoms with van der Waals surface area (Å²) in [6, 6.07) is 16.9. The second-order valence-electron chi connectivity index (χ2n) is 4.01. The number of aromatic hydroxyl groups is 1. The monoisotopic (exact) mass is 238 g/mol. The van der Waals surface area contributed by atoms with Crippen LogP contribution in [0.15, 0.2) is 60.8 Å². The van der Waals surface area contributed by atoms with E-state index in [1.165, 1.54) is 0 Å². The molecule has 0 saturated carbocycles. The topological polar surface area (TPSA) is 32.7 Å². The van der Waals surface area contributed by atoms with Gasteiger partial charge in [-0.25, -0.2) is 0 Å². The Bertz CT molecular complexity index is 561. The average molecular weight is 238 g/mol. The molecule has 0 spiro atoms. The van der Waals surface area contributed by atoms with Gasteiger partial charge in [0.25, 0.3) is 0 Å². The molecule has 0 amide bonds. The number of nitrogens with zero attached hydrogens (tertiary/aromatic N) is 1. The van der Waals surface area contributed by atoms with Gasteiger partial charge in [-0.1, -0.05) is 30.3 Å². The van der Waals surface area contributed by atoms with E-state index in [4.69, 9.17) is 4.74 Å². The molecule has 0 bridgehead atoms. The highest BCUT2D eigenvalue weighted by molar-refractivity contribution is 5.68. The van der Waals surface area contributed by atoms with E-state index in [1.807, 2.05) is 53.6 Å². The summed E-state index contributed by atoms with van der Waals surface area (Å²) in [5, 5.41) is 9.25. The van der Waals surface area contributed by atoms with Crippen LogP contribution in [0.4, 0.5) is 5.69 Å². The molecule has 0 aliphatic carbocycles. The minimum Gasteiger partial charge on any atom is -0.508 e. The molecule has 1 aliphatic heterocycles. The van der Waals surface area contributed by atoms with Gasteiger partial charge >= 0.3 is 0 Å². The third-order valence-corrected chi connectivity index (χ3v) is 2.76. The molecule has 0 unspecified atom stereocenters. The van der Waals surface area contributed by atoms with Gasteiger partial charge in [-0.15, -0.1) is 0 Å². The molecule has 0 aromatic heterocycles. The van der Waals surface area contributed by atoms with Gasteiger partial charge in [-0.3, -0.25) is 0 Å². The third kappa shape index (κ3) is 2.02. The van der Waals surface area contributed by atoms with Crippen LogP contribution in [0.3, 0.4) is 0 Å². The fourth-order valence-corrected chi connectivity index (χ4v) is 1.81. The average Bonchev–Trinajstić information content (AvgIpc) is 2.90. The van der Waals surface area contributed by atoms with E-state index in [0.29, 0.717) is 0 Å². The van der Waals surface area contributed by atoms with Gasteiger partial charge in [0.1, 0.15) is 11.5 Å². The van der Waals surface area contributed by atoms with E-state index in [1.54, 1.807) is 18.9 Å². The van der Waals surface area contributed by atoms with Crippen molar-refractivity contribution in [1.29, 1.82) is 0 Å². The van der Waals surface area contributed by atoms with Crippen LogP contribution in [0, 0.1) is 6.73 Å². The van der Waals surface area contributed by atoms with E-state index in [2.05, 4.69) is 0 Å². The summed E-state index contributed by atoms with van der Waals surface area (Å²) < 4.78 is 5.54. The number of anilines is 1. The zero-order valence-corrected chi connectivity index (χ0v) is 9.65. The summed E-state index contributed by atoms with van der Waals surface area (Å²) in [4.78, 5) is 1.88. The van der Waals surface area contributed by atoms with Crippen molar-refractivity contribution in [1.82, 2.24) is 0 Å². The van der Waals surface area contributed by atoms with Crippen LogP contribution in [0.5, 0.6) is 5.75 Å². The molecule has 89 valence electrons. The molecule has 2 aromatic carbocycles. The van der Waals surface area contributed by atoms with Crippen molar-refractivity contribution in [2.24, 2.45) is 0 Å². The standard InChI is InChI=1S/C15H12NO2/c17-14-8-6-13(7-9-14)16-10-15(18-11-16)12-4-2-1-3-5-12/h1-11,17H. The van der Waals surface area contributed by atoms with Crippen LogP contribution in [-0.2, 0) is 4.74 Å². The predicted octanol–water partition coefficient (Wildman–Crippen LogP) is 3.35. The van der Waals surface area contributed by atoms with E-state index in [0.717, 1.165) is 17.0 Å². The van der Waals surface area contributed by atoms with Gasteiger partial charge in [0.2, 0.25) is 6.73 Å². The van der Waals surface area contributed by atoms with E-state index in [-0.39, 0.29) is 5.75 Å². The van der Waals surface area contributed by atoms with Gasteiger partial charge in [0.15, 0.2) is 0 Å². The summed E-state index contributed by atoms with van der Waals surface area (Å²) in [6.07, 6.45) is 1.92. The maximum atomic E-state index is 9.25. The van der Waals surface area contributed by atoms with Crippen molar-refractivity contribution in [2.45, 2.75) is 0 Å². The maximum absolute atomic E-state index is 9.25. The number of rotatable bonds is 2. The summed E-state index contributed by atoms with van der Waals surface area (Å²) in [5.41, 5.74) is 1.98. The van der Waals surface area contributed by atoms with Crippen LogP contribution >= 0.6 is 0 Å². The summed E-state index contributed by atoms with van der Waals surface area (Å²) in [5.74, 6) is 1.06. The fourth-order valence-electron chi connectivity index (χ4n) is 1.81. The zero-order valence-electron chi connectivity index (χ0n) is 9.65. The molecule has 3 heteroatoms. The number of phenolic OH excluding ortho intramolecular Hbond substituents is 1. The molecule has 0 atom stereocenters. The summed E-state index contributed by atoms with van der Waals surface area (Å²) in [6.45, 7) is 1.65. The normalized spacial score (nSPS) is 14.2. The van der Waals surface area contributed by atoms with Crippen LogP contribution in [-0.4, -0.2) is 5.11 Å². The first-order valence-electron chi connectivity index (χ1n) is 5.67. The van der Waals surface area contributed by atoms with Crippen LogP contribution in [0.1, 0.15) is 5.56 Å². The molecular weight excluding hydrogens is 226 g/mol. The molecule has 1 heterocycles. The van der Waals surface area contributed by atoms with E-state index in [9.17, 15) is 5.11 Å². The Balaban J connectivity index is 1.85. The number of phenols is 1. The number of ether oxygens (including phenoxy) is 1. The number of benzene rings is 2. The lowest BCUT2D eigenvalue weighted by Gasteiger charge is -2.11. The van der Waals surface area contributed by atoms with Crippen molar-refractivity contribution in [3.8, 4) is 5.75 Å². The van der Waals surface area contributed by atoms with Crippen molar-refractivity contribution < 1.29 is 9.84 Å². The summed E-state index contributed by atoms with van der Waals surface area (Å²) in [7, 11) is 0. The SMILES string of the molecule is Oc1ccc(N2[CH]OC(c3ccccc3)=C2)cc1. The minimum absolute atomic E-state index is 0.256. The minimum atomic E-state index is 0.256. The first-order chi connectivity index (χ1) is 8.83. The number of hydrogen-bond donors (Lipinski definition) is 1. The Morgan fingerprint density at radius 1 is 0.889 bits per heavy atom. The van der Waals surface area contributed by atoms with Gasteiger partial charge < -0.3 is 14.7 Å². The molecule has 1 N–H and O–H groups in total. The van der Waals surface area contributed by atoms with Gasteiger partial charge in [0.05, 0.1) is 6.20 Å². The van der Waals surface area contributed by atoms with Crippen LogP contribution < -0.4 is 4.90 Å². The largest absolute Gasteiger partial charge is 0.508 e. The highest BCUT2D eigenvalue weighted by Gasteiger charge is 2.17. The van der Waals surface area contributed by atoms with Gasteiger partial charge in [0, 0.05) is 11.3 Å². The van der Waals surface area contributed by atoms with Crippen molar-refractivity contribution in [3.05, 3.63) is 73.1 Å². The summed E-state index contributed by atoms with van der Waals surface area (Å²) >= 11 is 0. The number of hydrogen-bond acceptors (Lipinski definition) is 3. The molecule has 3 rings (SSSR count). The Kier molecular flexibility index (Phi) is 2.65. The first-order valence-corrected chi connectivity index (χ1v) is 5.67. The molecule has 2 aromatic rings. The molecule has 0 fully saturated rings. The van der Waals surface area contributed by atoms with Crippen molar-refractivity contribution >= 4 is 11.4 Å². The lowest BCUT2D eigenvalue weighted by atomic mass is 10.2. The Morgan fingerprint density at radius 2 is 1.61 bits per heavy atom. The Labute approximate surface area is 106 Å². The lowest BCUT2D eigenvalue weighted by molar-refractivity contribution is 0.384. The zero-order chi connectivity index (χ0) is 12.4. The first kappa shape index (κ1) is 10.7. The second-order valence-corrected chi connectivity index (χ2v) is 4.01. The van der Waals surface area contributed by atoms with Gasteiger partial charge in [-0.2, -0.15) is 0 Å². The van der Waals surface area contributed by atoms with Gasteiger partial charge in [-0.05, 0) is 24.3 Å². The molecule has 1 aliphatic rings. The Hall–Kier alpha value is -2.42. The van der Waals surface area contributed by atoms with E-state index < -0.39 is 0 Å². The lowest BCUT2D eigenvalue weighted by Crippen LogP contribution is -2.06.